The van der Waals surface area contributed by atoms with Crippen LogP contribution in [0.5, 0.6) is 17.2 Å². The van der Waals surface area contributed by atoms with Crippen molar-refractivity contribution in [3.63, 3.8) is 0 Å². The van der Waals surface area contributed by atoms with Crippen LogP contribution in [0.2, 0.25) is 5.02 Å². The van der Waals surface area contributed by atoms with Crippen LogP contribution in [0, 0.1) is 6.92 Å². The number of rotatable bonds is 9. The molecule has 1 N–H and O–H groups in total. The van der Waals surface area contributed by atoms with Crippen LogP contribution in [-0.4, -0.2) is 12.8 Å². The van der Waals surface area contributed by atoms with Gasteiger partial charge in [-0.1, -0.05) is 60.6 Å². The average Bonchev–Trinajstić information content (AvgIpc) is 2.78. The van der Waals surface area contributed by atoms with E-state index < -0.39 is 0 Å². The van der Waals surface area contributed by atoms with Crippen LogP contribution < -0.4 is 14.8 Å². The zero-order chi connectivity index (χ0) is 22.2. The number of aliphatic imine (C=N–C) groups is 1. The van der Waals surface area contributed by atoms with Crippen molar-refractivity contribution in [1.29, 1.82) is 0 Å². The Labute approximate surface area is 189 Å². The van der Waals surface area contributed by atoms with Crippen LogP contribution in [0.25, 0.3) is 0 Å². The molecule has 0 unspecified atom stereocenters. The lowest BCUT2D eigenvalue weighted by Crippen LogP contribution is -2.17. The predicted octanol–water partition coefficient (Wildman–Crippen LogP) is 6.71. The molecule has 0 radical (unpaired) electrons. The van der Waals surface area contributed by atoms with Gasteiger partial charge in [0.2, 0.25) is 0 Å². The highest BCUT2D eigenvalue weighted by Gasteiger charge is 2.10. The summed E-state index contributed by atoms with van der Waals surface area (Å²) in [5.41, 5.74) is 4.85. The van der Waals surface area contributed by atoms with E-state index in [1.54, 1.807) is 13.1 Å². The van der Waals surface area contributed by atoms with E-state index in [-0.39, 0.29) is 0 Å². The van der Waals surface area contributed by atoms with Crippen LogP contribution >= 0.6 is 11.6 Å². The molecule has 0 saturated heterocycles. The van der Waals surface area contributed by atoms with E-state index in [1.165, 1.54) is 0 Å². The quantitative estimate of drug-likeness (QED) is 0.380. The molecular formula is C26H27ClN2O2. The molecule has 0 heterocycles. The summed E-state index contributed by atoms with van der Waals surface area (Å²) in [6.07, 6.45) is 0. The summed E-state index contributed by atoms with van der Waals surface area (Å²) >= 11 is 6.47. The molecule has 0 bridgehead atoms. The Morgan fingerprint density at radius 3 is 2.35 bits per heavy atom. The largest absolute Gasteiger partial charge is 0.487 e. The highest BCUT2D eigenvalue weighted by atomic mass is 35.5. The molecule has 160 valence electrons. The minimum atomic E-state index is 0.465. The predicted molar refractivity (Wildman–Crippen MR) is 128 cm³/mol. The number of ether oxygens (including phenoxy) is 2. The van der Waals surface area contributed by atoms with Crippen molar-refractivity contribution in [3.05, 3.63) is 101 Å². The highest BCUT2D eigenvalue weighted by Crippen LogP contribution is 2.35. The molecule has 0 aromatic heterocycles. The fraction of sp³-hybridized carbons (Fsp3) is 0.192. The van der Waals surface area contributed by atoms with Crippen molar-refractivity contribution in [2.45, 2.75) is 27.0 Å². The topological polar surface area (TPSA) is 42.8 Å². The summed E-state index contributed by atoms with van der Waals surface area (Å²) in [5, 5.41) is 3.79. The van der Waals surface area contributed by atoms with E-state index in [0.29, 0.717) is 29.7 Å². The van der Waals surface area contributed by atoms with Gasteiger partial charge in [0.05, 0.1) is 10.7 Å². The molecule has 0 aliphatic heterocycles. The van der Waals surface area contributed by atoms with Crippen molar-refractivity contribution in [3.8, 4) is 17.2 Å². The highest BCUT2D eigenvalue weighted by molar-refractivity contribution is 6.32. The molecule has 0 aliphatic carbocycles. The van der Waals surface area contributed by atoms with Gasteiger partial charge in [0.25, 0.3) is 0 Å². The smallest absolute Gasteiger partial charge is 0.141 e. The summed E-state index contributed by atoms with van der Waals surface area (Å²) in [6.45, 7) is 9.00. The number of hydrogen-bond donors (Lipinski definition) is 1. The molecular weight excluding hydrogens is 408 g/mol. The molecule has 31 heavy (non-hydrogen) atoms. The molecule has 5 heteroatoms. The van der Waals surface area contributed by atoms with Gasteiger partial charge in [0.1, 0.15) is 23.9 Å². The van der Waals surface area contributed by atoms with Crippen LogP contribution in [0.3, 0.4) is 0 Å². The number of allylic oxidation sites excluding steroid dienone is 1. The van der Waals surface area contributed by atoms with Gasteiger partial charge in [-0.15, -0.1) is 0 Å². The number of hydrogen-bond acceptors (Lipinski definition) is 4. The van der Waals surface area contributed by atoms with E-state index in [1.807, 2.05) is 74.5 Å². The van der Waals surface area contributed by atoms with Crippen LogP contribution in [-0.2, 0) is 13.2 Å². The zero-order valence-electron chi connectivity index (χ0n) is 18.1. The second kappa shape index (κ2) is 10.7. The molecule has 0 spiro atoms. The Morgan fingerprint density at radius 2 is 1.71 bits per heavy atom. The first kappa shape index (κ1) is 22.4. The van der Waals surface area contributed by atoms with Crippen molar-refractivity contribution < 1.29 is 9.47 Å². The van der Waals surface area contributed by atoms with Gasteiger partial charge in [-0.3, -0.25) is 4.99 Å². The van der Waals surface area contributed by atoms with E-state index >= 15 is 0 Å². The third-order valence-electron chi connectivity index (χ3n) is 4.87. The minimum absolute atomic E-state index is 0.465. The molecule has 4 nitrogen and oxygen atoms in total. The molecule has 0 saturated carbocycles. The third kappa shape index (κ3) is 6.37. The van der Waals surface area contributed by atoms with Crippen molar-refractivity contribution >= 4 is 17.3 Å². The summed E-state index contributed by atoms with van der Waals surface area (Å²) < 4.78 is 11.9. The molecule has 3 aromatic carbocycles. The molecule has 0 fully saturated rings. The zero-order valence-corrected chi connectivity index (χ0v) is 18.9. The van der Waals surface area contributed by atoms with Crippen molar-refractivity contribution in [2.75, 3.05) is 7.05 Å². The summed E-state index contributed by atoms with van der Waals surface area (Å²) in [7, 11) is 1.75. The van der Waals surface area contributed by atoms with Crippen LogP contribution in [0.4, 0.5) is 0 Å². The Bertz CT molecular complexity index is 1040. The fourth-order valence-electron chi connectivity index (χ4n) is 2.95. The molecule has 3 aromatic rings. The first-order valence-electron chi connectivity index (χ1n) is 10.1. The summed E-state index contributed by atoms with van der Waals surface area (Å²) in [6, 6.07) is 21.6. The van der Waals surface area contributed by atoms with E-state index in [2.05, 4.69) is 16.9 Å². The van der Waals surface area contributed by atoms with Crippen LogP contribution in [0.15, 0.2) is 84.0 Å². The number of nitrogens with zero attached hydrogens (tertiary/aromatic N) is 1. The first-order chi connectivity index (χ1) is 15.0. The summed E-state index contributed by atoms with van der Waals surface area (Å²) in [5.74, 6) is 2.08. The summed E-state index contributed by atoms with van der Waals surface area (Å²) in [4.78, 5) is 4.12. The Kier molecular flexibility index (Phi) is 7.74. The maximum absolute atomic E-state index is 6.47. The lowest BCUT2D eigenvalue weighted by Gasteiger charge is -2.14. The van der Waals surface area contributed by atoms with Gasteiger partial charge in [0, 0.05) is 25.4 Å². The number of aryl methyl sites for hydroxylation is 1. The van der Waals surface area contributed by atoms with Gasteiger partial charge in [-0.2, -0.15) is 0 Å². The van der Waals surface area contributed by atoms with E-state index in [0.717, 1.165) is 33.8 Å². The molecule has 0 atom stereocenters. The minimum Gasteiger partial charge on any atom is -0.487 e. The fourth-order valence-corrected chi connectivity index (χ4v) is 3.27. The lowest BCUT2D eigenvalue weighted by molar-refractivity contribution is 0.304. The number of nitrogens with one attached hydrogen (secondary N) is 1. The van der Waals surface area contributed by atoms with Gasteiger partial charge in [-0.25, -0.2) is 0 Å². The Morgan fingerprint density at radius 1 is 1.00 bits per heavy atom. The average molecular weight is 435 g/mol. The standard InChI is InChI=1S/C26H27ClN2O2/c1-18-14-24(15-25(27)26(18)30-17-22-8-6-5-7-9-22)31-23-12-10-21(11-13-23)16-29-20(3)19(2)28-4/h5-15,29H,3,16-17H2,1-2,4H3. The van der Waals surface area contributed by atoms with Crippen LogP contribution in [0.1, 0.15) is 23.6 Å². The van der Waals surface area contributed by atoms with Gasteiger partial charge >= 0.3 is 0 Å². The monoisotopic (exact) mass is 434 g/mol. The van der Waals surface area contributed by atoms with Gasteiger partial charge in [-0.05, 0) is 48.7 Å². The Hall–Kier alpha value is -3.24. The Balaban J connectivity index is 1.61. The lowest BCUT2D eigenvalue weighted by atomic mass is 10.2. The van der Waals surface area contributed by atoms with E-state index in [9.17, 15) is 0 Å². The molecule has 0 amide bonds. The second-order valence-corrected chi connectivity index (χ2v) is 7.62. The second-order valence-electron chi connectivity index (χ2n) is 7.21. The van der Waals surface area contributed by atoms with Gasteiger partial charge < -0.3 is 14.8 Å². The molecule has 0 aliphatic rings. The van der Waals surface area contributed by atoms with E-state index in [4.69, 9.17) is 21.1 Å². The first-order valence-corrected chi connectivity index (χ1v) is 10.4. The third-order valence-corrected chi connectivity index (χ3v) is 5.15. The van der Waals surface area contributed by atoms with Gasteiger partial charge in [0.15, 0.2) is 0 Å². The molecule has 3 rings (SSSR count). The number of halogens is 1. The van der Waals surface area contributed by atoms with Crippen molar-refractivity contribution in [1.82, 2.24) is 5.32 Å². The maximum Gasteiger partial charge on any atom is 0.141 e. The van der Waals surface area contributed by atoms with Crippen molar-refractivity contribution in [2.24, 2.45) is 4.99 Å². The SMILES string of the molecule is C=C(NCc1ccc(Oc2cc(C)c(OCc3ccccc3)c(Cl)c2)cc1)C(C)=NC. The number of benzene rings is 3. The normalized spacial score (nSPS) is 11.2. The maximum atomic E-state index is 6.47.